The van der Waals surface area contributed by atoms with Crippen molar-refractivity contribution >= 4 is 22.7 Å². The fourth-order valence-corrected chi connectivity index (χ4v) is 3.75. The Morgan fingerprint density at radius 1 is 0.824 bits per heavy atom. The molecule has 0 saturated carbocycles. The molecule has 0 saturated heterocycles. The van der Waals surface area contributed by atoms with E-state index in [9.17, 15) is 4.79 Å². The monoisotopic (exact) mass is 448 g/mol. The number of hydrogen-bond acceptors (Lipinski definition) is 4. The lowest BCUT2D eigenvalue weighted by molar-refractivity contribution is 0.102. The van der Waals surface area contributed by atoms with Gasteiger partial charge in [0.2, 0.25) is 5.89 Å². The van der Waals surface area contributed by atoms with E-state index < -0.39 is 0 Å². The summed E-state index contributed by atoms with van der Waals surface area (Å²) in [5, 5.41) is 2.93. The number of fused-ring (bicyclic) bond motifs is 1. The van der Waals surface area contributed by atoms with Crippen LogP contribution < -0.4 is 10.1 Å². The maximum atomic E-state index is 12.8. The van der Waals surface area contributed by atoms with Crippen molar-refractivity contribution in [2.75, 3.05) is 5.32 Å². The minimum Gasteiger partial charge on any atom is -0.491 e. The van der Waals surface area contributed by atoms with Gasteiger partial charge >= 0.3 is 0 Å². The molecule has 5 nitrogen and oxygen atoms in total. The van der Waals surface area contributed by atoms with Gasteiger partial charge in [0.1, 0.15) is 11.3 Å². The Kier molecular flexibility index (Phi) is 5.83. The minimum absolute atomic E-state index is 0.0385. The van der Waals surface area contributed by atoms with E-state index in [1.54, 1.807) is 12.1 Å². The zero-order valence-corrected chi connectivity index (χ0v) is 19.0. The van der Waals surface area contributed by atoms with Crippen LogP contribution >= 0.6 is 0 Å². The Balaban J connectivity index is 1.34. The van der Waals surface area contributed by atoms with E-state index in [1.807, 2.05) is 74.5 Å². The number of carbonyl (C=O) groups is 1. The predicted octanol–water partition coefficient (Wildman–Crippen LogP) is 7.20. The zero-order valence-electron chi connectivity index (χ0n) is 19.0. The highest BCUT2D eigenvalue weighted by Crippen LogP contribution is 2.28. The summed E-state index contributed by atoms with van der Waals surface area (Å²) in [6.45, 7) is 3.90. The third-order valence-corrected chi connectivity index (χ3v) is 5.35. The molecule has 1 heterocycles. The molecule has 0 spiro atoms. The van der Waals surface area contributed by atoms with Gasteiger partial charge in [-0.25, -0.2) is 4.98 Å². The quantitative estimate of drug-likeness (QED) is 0.298. The van der Waals surface area contributed by atoms with Gasteiger partial charge in [-0.1, -0.05) is 48.5 Å². The van der Waals surface area contributed by atoms with E-state index >= 15 is 0 Å². The number of nitrogens with zero attached hydrogens (tertiary/aromatic N) is 1. The van der Waals surface area contributed by atoms with Crippen LogP contribution in [0.1, 0.15) is 24.2 Å². The molecule has 4 aromatic carbocycles. The van der Waals surface area contributed by atoms with Crippen LogP contribution in [0, 0.1) is 0 Å². The summed E-state index contributed by atoms with van der Waals surface area (Å²) >= 11 is 0. The van der Waals surface area contributed by atoms with Crippen molar-refractivity contribution in [3.8, 4) is 28.3 Å². The summed E-state index contributed by atoms with van der Waals surface area (Å²) in [7, 11) is 0. The van der Waals surface area contributed by atoms with Crippen molar-refractivity contribution < 1.29 is 13.9 Å². The van der Waals surface area contributed by atoms with Crippen LogP contribution in [-0.4, -0.2) is 17.0 Å². The van der Waals surface area contributed by atoms with E-state index in [2.05, 4.69) is 34.6 Å². The number of rotatable bonds is 6. The topological polar surface area (TPSA) is 64.4 Å². The molecule has 0 aliphatic heterocycles. The van der Waals surface area contributed by atoms with Crippen molar-refractivity contribution in [1.29, 1.82) is 0 Å². The molecular weight excluding hydrogens is 424 g/mol. The Morgan fingerprint density at radius 2 is 1.56 bits per heavy atom. The second kappa shape index (κ2) is 9.24. The van der Waals surface area contributed by atoms with E-state index in [-0.39, 0.29) is 12.0 Å². The van der Waals surface area contributed by atoms with Crippen molar-refractivity contribution in [2.24, 2.45) is 0 Å². The van der Waals surface area contributed by atoms with E-state index in [0.29, 0.717) is 34.0 Å². The third-order valence-electron chi connectivity index (χ3n) is 5.35. The summed E-state index contributed by atoms with van der Waals surface area (Å²) in [5.74, 6) is 0.989. The molecule has 0 fully saturated rings. The van der Waals surface area contributed by atoms with Gasteiger partial charge in [0.25, 0.3) is 5.91 Å². The van der Waals surface area contributed by atoms with Crippen molar-refractivity contribution in [2.45, 2.75) is 20.0 Å². The summed E-state index contributed by atoms with van der Waals surface area (Å²) in [6, 6.07) is 30.9. The van der Waals surface area contributed by atoms with Crippen molar-refractivity contribution in [1.82, 2.24) is 4.98 Å². The fraction of sp³-hybridized carbons (Fsp3) is 0.103. The van der Waals surface area contributed by atoms with Crippen LogP contribution in [0.25, 0.3) is 33.7 Å². The number of aromatic nitrogens is 1. The van der Waals surface area contributed by atoms with Crippen LogP contribution in [0.2, 0.25) is 0 Å². The van der Waals surface area contributed by atoms with Gasteiger partial charge in [0.15, 0.2) is 5.58 Å². The molecular formula is C29H24N2O3. The van der Waals surface area contributed by atoms with Gasteiger partial charge in [-0.3, -0.25) is 4.79 Å². The van der Waals surface area contributed by atoms with Crippen molar-refractivity contribution in [3.05, 3.63) is 103 Å². The van der Waals surface area contributed by atoms with Crippen molar-refractivity contribution in [3.63, 3.8) is 0 Å². The summed E-state index contributed by atoms with van der Waals surface area (Å²) in [6.07, 6.45) is 0.0385. The van der Waals surface area contributed by atoms with E-state index in [4.69, 9.17) is 9.15 Å². The van der Waals surface area contributed by atoms with Gasteiger partial charge in [0, 0.05) is 16.8 Å². The van der Waals surface area contributed by atoms with Gasteiger partial charge < -0.3 is 14.5 Å². The molecule has 168 valence electrons. The molecule has 0 radical (unpaired) electrons. The lowest BCUT2D eigenvalue weighted by Crippen LogP contribution is -2.12. The number of nitrogens with one attached hydrogen (secondary N) is 1. The molecule has 34 heavy (non-hydrogen) atoms. The average molecular weight is 449 g/mol. The number of benzene rings is 4. The summed E-state index contributed by atoms with van der Waals surface area (Å²) in [4.78, 5) is 17.4. The van der Waals surface area contributed by atoms with Crippen LogP contribution in [0.4, 0.5) is 5.69 Å². The molecule has 1 N–H and O–H groups in total. The highest BCUT2D eigenvalue weighted by molar-refractivity contribution is 6.05. The Labute approximate surface area is 198 Å². The van der Waals surface area contributed by atoms with Crippen LogP contribution in [-0.2, 0) is 0 Å². The normalized spacial score (nSPS) is 11.0. The predicted molar refractivity (Wildman–Crippen MR) is 135 cm³/mol. The second-order valence-corrected chi connectivity index (χ2v) is 8.29. The number of anilines is 1. The summed E-state index contributed by atoms with van der Waals surface area (Å²) in [5.41, 5.74) is 5.69. The highest BCUT2D eigenvalue weighted by Gasteiger charge is 2.12. The molecule has 5 rings (SSSR count). The molecule has 1 aromatic heterocycles. The van der Waals surface area contributed by atoms with Crippen LogP contribution in [0.3, 0.4) is 0 Å². The number of carbonyl (C=O) groups excluding carboxylic acids is 1. The van der Waals surface area contributed by atoms with Gasteiger partial charge in [-0.05, 0) is 73.5 Å². The van der Waals surface area contributed by atoms with Gasteiger partial charge in [-0.15, -0.1) is 0 Å². The Morgan fingerprint density at radius 3 is 2.32 bits per heavy atom. The Hall–Kier alpha value is -4.38. The second-order valence-electron chi connectivity index (χ2n) is 8.29. The first-order valence-corrected chi connectivity index (χ1v) is 11.2. The maximum absolute atomic E-state index is 12.8. The number of ether oxygens (including phenoxy) is 1. The molecule has 1 amide bonds. The molecule has 0 bridgehead atoms. The number of hydrogen-bond donors (Lipinski definition) is 1. The lowest BCUT2D eigenvalue weighted by atomic mass is 10.0. The van der Waals surface area contributed by atoms with Gasteiger partial charge in [-0.2, -0.15) is 0 Å². The fourth-order valence-electron chi connectivity index (χ4n) is 3.75. The van der Waals surface area contributed by atoms with E-state index in [1.165, 1.54) is 0 Å². The number of oxazole rings is 1. The lowest BCUT2D eigenvalue weighted by Gasteiger charge is -2.11. The molecule has 0 unspecified atom stereocenters. The first kappa shape index (κ1) is 21.5. The molecule has 0 atom stereocenters. The molecule has 0 aliphatic rings. The molecule has 5 heteroatoms. The smallest absolute Gasteiger partial charge is 0.255 e. The number of amides is 1. The average Bonchev–Trinajstić information content (AvgIpc) is 3.28. The largest absolute Gasteiger partial charge is 0.491 e. The minimum atomic E-state index is -0.214. The van der Waals surface area contributed by atoms with Gasteiger partial charge in [0.05, 0.1) is 6.10 Å². The molecule has 0 aliphatic carbocycles. The highest BCUT2D eigenvalue weighted by atomic mass is 16.5. The van der Waals surface area contributed by atoms with E-state index in [0.717, 1.165) is 16.7 Å². The first-order valence-electron chi connectivity index (χ1n) is 11.2. The first-order chi connectivity index (χ1) is 16.5. The standard InChI is InChI=1S/C29H24N2O3/c1-19(2)33-25-10-6-9-23(17-25)28(32)30-24-15-16-27-26(18-24)31-29(34-27)22-13-11-21(12-14-22)20-7-4-3-5-8-20/h3-19H,1-2H3,(H,30,32). The third kappa shape index (κ3) is 4.69. The SMILES string of the molecule is CC(C)Oc1cccc(C(=O)Nc2ccc3oc(-c4ccc(-c5ccccc5)cc4)nc3c2)c1. The summed E-state index contributed by atoms with van der Waals surface area (Å²) < 4.78 is 11.6. The Bertz CT molecular complexity index is 1440. The zero-order chi connectivity index (χ0) is 23.5. The van der Waals surface area contributed by atoms with Crippen LogP contribution in [0.15, 0.2) is 101 Å². The van der Waals surface area contributed by atoms with Crippen LogP contribution in [0.5, 0.6) is 5.75 Å². The molecule has 5 aromatic rings. The maximum Gasteiger partial charge on any atom is 0.255 e.